The molecule has 0 fully saturated rings. The highest BCUT2D eigenvalue weighted by Crippen LogP contribution is 2.20. The molecule has 0 unspecified atom stereocenters. The minimum Gasteiger partial charge on any atom is -0.481 e. The van der Waals surface area contributed by atoms with Crippen molar-refractivity contribution in [2.24, 2.45) is 0 Å². The number of benzene rings is 1. The minimum absolute atomic E-state index is 0.194. The van der Waals surface area contributed by atoms with Gasteiger partial charge in [-0.05, 0) is 5.56 Å². The molecule has 1 heterocycles. The van der Waals surface area contributed by atoms with Crippen LogP contribution in [-0.2, 0) is 13.1 Å². The van der Waals surface area contributed by atoms with E-state index >= 15 is 0 Å². The highest BCUT2D eigenvalue weighted by molar-refractivity contribution is 5.36. The summed E-state index contributed by atoms with van der Waals surface area (Å²) in [6, 6.07) is 7.69. The SMILES string of the molecule is COc1ccc(CNCc2cccc([N+](=O)[O-])c2F)cn1. The van der Waals surface area contributed by atoms with Crippen LogP contribution in [0, 0.1) is 15.9 Å². The van der Waals surface area contributed by atoms with Gasteiger partial charge in [-0.2, -0.15) is 4.39 Å². The molecule has 0 spiro atoms. The number of hydrogen-bond acceptors (Lipinski definition) is 5. The van der Waals surface area contributed by atoms with Crippen molar-refractivity contribution in [2.45, 2.75) is 13.1 Å². The summed E-state index contributed by atoms with van der Waals surface area (Å²) in [7, 11) is 1.53. The molecule has 2 aromatic rings. The van der Waals surface area contributed by atoms with Crippen molar-refractivity contribution in [3.05, 3.63) is 63.6 Å². The minimum atomic E-state index is -0.803. The molecule has 0 amide bonds. The van der Waals surface area contributed by atoms with Gasteiger partial charge in [0, 0.05) is 37.0 Å². The van der Waals surface area contributed by atoms with Gasteiger partial charge in [0.05, 0.1) is 12.0 Å². The van der Waals surface area contributed by atoms with Crippen LogP contribution in [0.4, 0.5) is 10.1 Å². The van der Waals surface area contributed by atoms with Gasteiger partial charge in [-0.3, -0.25) is 10.1 Å². The van der Waals surface area contributed by atoms with Crippen molar-refractivity contribution in [1.29, 1.82) is 0 Å². The molecule has 0 saturated carbocycles. The highest BCUT2D eigenvalue weighted by atomic mass is 19.1. The third kappa shape index (κ3) is 3.73. The molecule has 2 rings (SSSR count). The van der Waals surface area contributed by atoms with E-state index in [0.717, 1.165) is 11.6 Å². The zero-order chi connectivity index (χ0) is 15.2. The summed E-state index contributed by atoms with van der Waals surface area (Å²) in [5.41, 5.74) is 0.646. The molecule has 0 atom stereocenters. The van der Waals surface area contributed by atoms with Crippen LogP contribution in [0.25, 0.3) is 0 Å². The summed E-state index contributed by atoms with van der Waals surface area (Å²) in [6.07, 6.45) is 1.65. The molecule has 0 radical (unpaired) electrons. The van der Waals surface area contributed by atoms with Crippen molar-refractivity contribution < 1.29 is 14.1 Å². The number of rotatable bonds is 6. The van der Waals surface area contributed by atoms with Crippen LogP contribution in [0.3, 0.4) is 0 Å². The van der Waals surface area contributed by atoms with Crippen LogP contribution in [0.2, 0.25) is 0 Å². The molecule has 1 aromatic carbocycles. The Morgan fingerprint density at radius 2 is 2.14 bits per heavy atom. The number of ether oxygens (including phenoxy) is 1. The van der Waals surface area contributed by atoms with Crippen LogP contribution in [-0.4, -0.2) is 17.0 Å². The molecule has 7 heteroatoms. The lowest BCUT2D eigenvalue weighted by Gasteiger charge is -2.06. The Hall–Kier alpha value is -2.54. The number of hydrogen-bond donors (Lipinski definition) is 1. The molecule has 0 aliphatic heterocycles. The fourth-order valence-corrected chi connectivity index (χ4v) is 1.82. The predicted octanol–water partition coefficient (Wildman–Crippen LogP) is 2.43. The fourth-order valence-electron chi connectivity index (χ4n) is 1.82. The van der Waals surface area contributed by atoms with Gasteiger partial charge in [0.15, 0.2) is 0 Å². The van der Waals surface area contributed by atoms with Gasteiger partial charge in [0.25, 0.3) is 0 Å². The number of nitro benzene ring substituents is 1. The average Bonchev–Trinajstić information content (AvgIpc) is 2.49. The Morgan fingerprint density at radius 1 is 1.33 bits per heavy atom. The Balaban J connectivity index is 1.97. The second-order valence-electron chi connectivity index (χ2n) is 4.32. The molecule has 0 aliphatic rings. The average molecular weight is 291 g/mol. The third-order valence-corrected chi connectivity index (χ3v) is 2.91. The van der Waals surface area contributed by atoms with Crippen LogP contribution >= 0.6 is 0 Å². The zero-order valence-electron chi connectivity index (χ0n) is 11.4. The molecular weight excluding hydrogens is 277 g/mol. The van der Waals surface area contributed by atoms with Gasteiger partial charge in [0.2, 0.25) is 11.7 Å². The van der Waals surface area contributed by atoms with E-state index in [2.05, 4.69) is 10.3 Å². The van der Waals surface area contributed by atoms with E-state index in [1.165, 1.54) is 19.2 Å². The van der Waals surface area contributed by atoms with E-state index < -0.39 is 16.4 Å². The Morgan fingerprint density at radius 3 is 2.76 bits per heavy atom. The van der Waals surface area contributed by atoms with Crippen LogP contribution < -0.4 is 10.1 Å². The predicted molar refractivity (Wildman–Crippen MR) is 74.4 cm³/mol. The molecule has 110 valence electrons. The largest absolute Gasteiger partial charge is 0.481 e. The summed E-state index contributed by atoms with van der Waals surface area (Å²) >= 11 is 0. The van der Waals surface area contributed by atoms with E-state index in [4.69, 9.17) is 4.74 Å². The van der Waals surface area contributed by atoms with Crippen LogP contribution in [0.1, 0.15) is 11.1 Å². The Labute approximate surface area is 120 Å². The van der Waals surface area contributed by atoms with E-state index in [-0.39, 0.29) is 12.1 Å². The second-order valence-corrected chi connectivity index (χ2v) is 4.32. The fraction of sp³-hybridized carbons (Fsp3) is 0.214. The first-order valence-electron chi connectivity index (χ1n) is 6.23. The lowest BCUT2D eigenvalue weighted by atomic mass is 10.2. The first-order valence-corrected chi connectivity index (χ1v) is 6.23. The monoisotopic (exact) mass is 291 g/mol. The summed E-state index contributed by atoms with van der Waals surface area (Å²) in [5, 5.41) is 13.7. The first-order chi connectivity index (χ1) is 10.1. The maximum Gasteiger partial charge on any atom is 0.305 e. The Bertz CT molecular complexity index is 632. The van der Waals surface area contributed by atoms with Gasteiger partial charge in [-0.1, -0.05) is 18.2 Å². The number of nitro groups is 1. The van der Waals surface area contributed by atoms with Crippen molar-refractivity contribution in [3.8, 4) is 5.88 Å². The molecular formula is C14H14FN3O3. The van der Waals surface area contributed by atoms with Gasteiger partial charge in [-0.15, -0.1) is 0 Å². The molecule has 1 N–H and O–H groups in total. The highest BCUT2D eigenvalue weighted by Gasteiger charge is 2.16. The topological polar surface area (TPSA) is 77.3 Å². The van der Waals surface area contributed by atoms with Crippen LogP contribution in [0.5, 0.6) is 5.88 Å². The summed E-state index contributed by atoms with van der Waals surface area (Å²) in [6.45, 7) is 0.665. The second kappa shape index (κ2) is 6.76. The van der Waals surface area contributed by atoms with Gasteiger partial charge in [0.1, 0.15) is 0 Å². The van der Waals surface area contributed by atoms with Gasteiger partial charge < -0.3 is 10.1 Å². The van der Waals surface area contributed by atoms with Gasteiger partial charge in [-0.25, -0.2) is 4.98 Å². The summed E-state index contributed by atoms with van der Waals surface area (Å²) < 4.78 is 18.8. The lowest BCUT2D eigenvalue weighted by molar-refractivity contribution is -0.387. The summed E-state index contributed by atoms with van der Waals surface area (Å²) in [5.74, 6) is -0.286. The third-order valence-electron chi connectivity index (χ3n) is 2.91. The lowest BCUT2D eigenvalue weighted by Crippen LogP contribution is -2.14. The molecule has 6 nitrogen and oxygen atoms in total. The normalized spacial score (nSPS) is 10.4. The standard InChI is InChI=1S/C14H14FN3O3/c1-21-13-6-5-10(8-17-13)7-16-9-11-3-2-4-12(14(11)15)18(19)20/h2-6,8,16H,7,9H2,1H3. The van der Waals surface area contributed by atoms with Crippen molar-refractivity contribution >= 4 is 5.69 Å². The number of halogens is 1. The van der Waals surface area contributed by atoms with E-state index in [1.54, 1.807) is 12.3 Å². The molecule has 1 aromatic heterocycles. The Kier molecular flexibility index (Phi) is 4.78. The molecule has 0 aliphatic carbocycles. The van der Waals surface area contributed by atoms with Crippen molar-refractivity contribution in [2.75, 3.05) is 7.11 Å². The van der Waals surface area contributed by atoms with Gasteiger partial charge >= 0.3 is 5.69 Å². The number of methoxy groups -OCH3 is 1. The number of nitrogens with zero attached hydrogens (tertiary/aromatic N) is 2. The molecule has 0 bridgehead atoms. The smallest absolute Gasteiger partial charge is 0.305 e. The first kappa shape index (κ1) is 14.9. The quantitative estimate of drug-likeness (QED) is 0.653. The van der Waals surface area contributed by atoms with Crippen LogP contribution in [0.15, 0.2) is 36.5 Å². The van der Waals surface area contributed by atoms with Crippen molar-refractivity contribution in [3.63, 3.8) is 0 Å². The zero-order valence-corrected chi connectivity index (χ0v) is 11.4. The van der Waals surface area contributed by atoms with E-state index in [9.17, 15) is 14.5 Å². The molecule has 21 heavy (non-hydrogen) atoms. The number of pyridine rings is 1. The van der Waals surface area contributed by atoms with E-state index in [1.807, 2.05) is 6.07 Å². The summed E-state index contributed by atoms with van der Waals surface area (Å²) in [4.78, 5) is 14.0. The number of nitrogens with one attached hydrogen (secondary N) is 1. The van der Waals surface area contributed by atoms with E-state index in [0.29, 0.717) is 12.4 Å². The van der Waals surface area contributed by atoms with Crippen molar-refractivity contribution in [1.82, 2.24) is 10.3 Å². The maximum atomic E-state index is 13.8. The number of aromatic nitrogens is 1. The maximum absolute atomic E-state index is 13.8. The molecule has 0 saturated heterocycles.